The van der Waals surface area contributed by atoms with E-state index in [-0.39, 0.29) is 28.5 Å². The minimum atomic E-state index is -0.836. The first kappa shape index (κ1) is 12.3. The maximum atomic E-state index is 13.3. The second-order valence-electron chi connectivity index (χ2n) is 4.31. The van der Waals surface area contributed by atoms with Gasteiger partial charge in [-0.1, -0.05) is 0 Å². The van der Waals surface area contributed by atoms with Gasteiger partial charge in [0, 0.05) is 29.8 Å². The number of carbonyl (C=O) groups is 2. The molecule has 0 radical (unpaired) electrons. The summed E-state index contributed by atoms with van der Waals surface area (Å²) in [4.78, 5) is 23.1. The lowest BCUT2D eigenvalue weighted by Gasteiger charge is -2.25. The van der Waals surface area contributed by atoms with Gasteiger partial charge in [-0.25, -0.2) is 4.39 Å². The lowest BCUT2D eigenvalue weighted by Crippen LogP contribution is -2.43. The van der Waals surface area contributed by atoms with Crippen molar-refractivity contribution in [3.8, 4) is 5.75 Å². The summed E-state index contributed by atoms with van der Waals surface area (Å²) in [5.41, 5.74) is 5.93. The SMILES string of the molecule is CC(=O)NC1CCc2c(O)c(F)cc(N)c2C1=O. The first-order valence-corrected chi connectivity index (χ1v) is 5.53. The second kappa shape index (κ2) is 4.29. The highest BCUT2D eigenvalue weighted by Gasteiger charge is 2.32. The average Bonchev–Trinajstić information content (AvgIpc) is 2.28. The van der Waals surface area contributed by atoms with E-state index in [4.69, 9.17) is 5.73 Å². The molecule has 1 aliphatic carbocycles. The van der Waals surface area contributed by atoms with Gasteiger partial charge in [0.25, 0.3) is 0 Å². The summed E-state index contributed by atoms with van der Waals surface area (Å²) in [5, 5.41) is 12.1. The zero-order chi connectivity index (χ0) is 13.4. The molecule has 6 heteroatoms. The Balaban J connectivity index is 2.47. The normalized spacial score (nSPS) is 18.3. The number of benzene rings is 1. The molecule has 18 heavy (non-hydrogen) atoms. The molecule has 0 spiro atoms. The maximum absolute atomic E-state index is 13.3. The van der Waals surface area contributed by atoms with Gasteiger partial charge in [0.15, 0.2) is 17.3 Å². The van der Waals surface area contributed by atoms with Crippen molar-refractivity contribution >= 4 is 17.4 Å². The van der Waals surface area contributed by atoms with Gasteiger partial charge < -0.3 is 16.2 Å². The van der Waals surface area contributed by atoms with Crippen LogP contribution in [-0.2, 0) is 11.2 Å². The summed E-state index contributed by atoms with van der Waals surface area (Å²) >= 11 is 0. The quantitative estimate of drug-likeness (QED) is 0.508. The molecular weight excluding hydrogens is 239 g/mol. The number of nitrogen functional groups attached to an aromatic ring is 1. The standard InChI is InChI=1S/C12H13FN2O3/c1-5(16)15-9-3-2-6-10(12(9)18)8(14)4-7(13)11(6)17/h4,9,17H,2-3,14H2,1H3,(H,15,16). The molecule has 1 unspecified atom stereocenters. The van der Waals surface area contributed by atoms with Gasteiger partial charge in [0.2, 0.25) is 5.91 Å². The Bertz CT molecular complexity index is 543. The average molecular weight is 252 g/mol. The van der Waals surface area contributed by atoms with Crippen molar-refractivity contribution in [1.29, 1.82) is 0 Å². The summed E-state index contributed by atoms with van der Waals surface area (Å²) in [6.07, 6.45) is 0.613. The van der Waals surface area contributed by atoms with Crippen molar-refractivity contribution < 1.29 is 19.1 Å². The van der Waals surface area contributed by atoms with Gasteiger partial charge in [-0.15, -0.1) is 0 Å². The molecule has 1 amide bonds. The van der Waals surface area contributed by atoms with E-state index in [1.165, 1.54) is 6.92 Å². The van der Waals surface area contributed by atoms with E-state index in [0.29, 0.717) is 12.8 Å². The van der Waals surface area contributed by atoms with E-state index in [0.717, 1.165) is 6.07 Å². The maximum Gasteiger partial charge on any atom is 0.217 e. The Labute approximate surface area is 103 Å². The Morgan fingerprint density at radius 3 is 2.89 bits per heavy atom. The molecule has 0 fully saturated rings. The number of Topliss-reactive ketones (excluding diaryl/α,β-unsaturated/α-hetero) is 1. The fraction of sp³-hybridized carbons (Fsp3) is 0.333. The monoisotopic (exact) mass is 252 g/mol. The molecule has 0 saturated carbocycles. The Kier molecular flexibility index (Phi) is 2.94. The second-order valence-corrected chi connectivity index (χ2v) is 4.31. The van der Waals surface area contributed by atoms with Crippen LogP contribution in [0.2, 0.25) is 0 Å². The number of aromatic hydroxyl groups is 1. The van der Waals surface area contributed by atoms with E-state index >= 15 is 0 Å². The fourth-order valence-electron chi connectivity index (χ4n) is 2.23. The largest absolute Gasteiger partial charge is 0.505 e. The van der Waals surface area contributed by atoms with Crippen LogP contribution in [-0.4, -0.2) is 22.8 Å². The Morgan fingerprint density at radius 2 is 2.28 bits per heavy atom. The number of halogens is 1. The third-order valence-corrected chi connectivity index (χ3v) is 3.01. The van der Waals surface area contributed by atoms with E-state index in [9.17, 15) is 19.1 Å². The minimum absolute atomic E-state index is 0.0136. The highest BCUT2D eigenvalue weighted by atomic mass is 19.1. The number of rotatable bonds is 1. The molecule has 1 atom stereocenters. The number of phenols is 1. The van der Waals surface area contributed by atoms with Crippen LogP contribution in [0.15, 0.2) is 6.07 Å². The first-order chi connectivity index (χ1) is 8.41. The molecule has 0 bridgehead atoms. The van der Waals surface area contributed by atoms with Gasteiger partial charge in [-0.2, -0.15) is 0 Å². The van der Waals surface area contributed by atoms with E-state index in [1.54, 1.807) is 0 Å². The zero-order valence-corrected chi connectivity index (χ0v) is 9.79. The first-order valence-electron chi connectivity index (χ1n) is 5.53. The molecule has 0 saturated heterocycles. The van der Waals surface area contributed by atoms with Gasteiger partial charge in [0.05, 0.1) is 6.04 Å². The van der Waals surface area contributed by atoms with Gasteiger partial charge in [-0.3, -0.25) is 9.59 Å². The Hall–Kier alpha value is -2.11. The number of amides is 1. The molecule has 1 aromatic carbocycles. The fourth-order valence-corrected chi connectivity index (χ4v) is 2.23. The number of hydrogen-bond donors (Lipinski definition) is 3. The van der Waals surface area contributed by atoms with Crippen LogP contribution in [0, 0.1) is 5.82 Å². The highest BCUT2D eigenvalue weighted by molar-refractivity contribution is 6.08. The number of ketones is 1. The van der Waals surface area contributed by atoms with Crippen LogP contribution in [0.3, 0.4) is 0 Å². The molecule has 2 rings (SSSR count). The Morgan fingerprint density at radius 1 is 1.61 bits per heavy atom. The molecule has 1 aromatic rings. The van der Waals surface area contributed by atoms with Gasteiger partial charge in [0.1, 0.15) is 0 Å². The van der Waals surface area contributed by atoms with Crippen LogP contribution in [0.5, 0.6) is 5.75 Å². The van der Waals surface area contributed by atoms with Crippen molar-refractivity contribution in [3.63, 3.8) is 0 Å². The van der Waals surface area contributed by atoms with E-state index in [2.05, 4.69) is 5.32 Å². The van der Waals surface area contributed by atoms with Crippen molar-refractivity contribution in [3.05, 3.63) is 23.0 Å². The third kappa shape index (κ3) is 1.90. The summed E-state index contributed by atoms with van der Waals surface area (Å²) in [6.45, 7) is 1.31. The molecule has 1 aliphatic rings. The molecular formula is C12H13FN2O3. The number of carbonyl (C=O) groups excluding carboxylic acids is 2. The lowest BCUT2D eigenvalue weighted by molar-refractivity contribution is -0.119. The van der Waals surface area contributed by atoms with Crippen LogP contribution in [0.1, 0.15) is 29.3 Å². The van der Waals surface area contributed by atoms with Crippen LogP contribution < -0.4 is 11.1 Å². The summed E-state index contributed by atoms with van der Waals surface area (Å²) in [6, 6.07) is 0.254. The number of nitrogens with one attached hydrogen (secondary N) is 1. The molecule has 5 nitrogen and oxygen atoms in total. The van der Waals surface area contributed by atoms with Crippen molar-refractivity contribution in [2.24, 2.45) is 0 Å². The molecule has 4 N–H and O–H groups in total. The number of hydrogen-bond acceptors (Lipinski definition) is 4. The van der Waals surface area contributed by atoms with E-state index in [1.807, 2.05) is 0 Å². The van der Waals surface area contributed by atoms with Crippen molar-refractivity contribution in [2.45, 2.75) is 25.8 Å². The van der Waals surface area contributed by atoms with Crippen LogP contribution in [0.4, 0.5) is 10.1 Å². The molecule has 0 aromatic heterocycles. The number of anilines is 1. The van der Waals surface area contributed by atoms with Crippen LogP contribution >= 0.6 is 0 Å². The molecule has 0 heterocycles. The summed E-state index contributed by atoms with van der Waals surface area (Å²) in [5.74, 6) is -2.08. The number of fused-ring (bicyclic) bond motifs is 1. The summed E-state index contributed by atoms with van der Waals surface area (Å²) in [7, 11) is 0. The topological polar surface area (TPSA) is 92.4 Å². The number of nitrogens with two attached hydrogens (primary N) is 1. The molecule has 0 aliphatic heterocycles. The van der Waals surface area contributed by atoms with Crippen molar-refractivity contribution in [1.82, 2.24) is 5.32 Å². The highest BCUT2D eigenvalue weighted by Crippen LogP contribution is 2.35. The van der Waals surface area contributed by atoms with Crippen molar-refractivity contribution in [2.75, 3.05) is 5.73 Å². The minimum Gasteiger partial charge on any atom is -0.505 e. The smallest absolute Gasteiger partial charge is 0.217 e. The molecule has 96 valence electrons. The third-order valence-electron chi connectivity index (χ3n) is 3.01. The van der Waals surface area contributed by atoms with E-state index < -0.39 is 17.6 Å². The van der Waals surface area contributed by atoms with Gasteiger partial charge in [-0.05, 0) is 12.8 Å². The zero-order valence-electron chi connectivity index (χ0n) is 9.79. The van der Waals surface area contributed by atoms with Crippen LogP contribution in [0.25, 0.3) is 0 Å². The number of phenolic OH excluding ortho intramolecular Hbond substituents is 1. The summed E-state index contributed by atoms with van der Waals surface area (Å²) < 4.78 is 13.3. The van der Waals surface area contributed by atoms with Gasteiger partial charge >= 0.3 is 0 Å². The predicted octanol–water partition coefficient (Wildman–Crippen LogP) is 0.747. The lowest BCUT2D eigenvalue weighted by atomic mass is 9.85. The predicted molar refractivity (Wildman–Crippen MR) is 62.7 cm³/mol.